The first-order chi connectivity index (χ1) is 8.61. The number of methoxy groups -OCH3 is 1. The van der Waals surface area contributed by atoms with E-state index in [9.17, 15) is 10.0 Å². The molecule has 6 nitrogen and oxygen atoms in total. The van der Waals surface area contributed by atoms with Crippen LogP contribution in [-0.4, -0.2) is 47.8 Å². The predicted octanol–water partition coefficient (Wildman–Crippen LogP) is 1.64. The Labute approximate surface area is 109 Å². The third-order valence-electron chi connectivity index (χ3n) is 2.66. The van der Waals surface area contributed by atoms with Crippen molar-refractivity contribution in [3.63, 3.8) is 0 Å². The lowest BCUT2D eigenvalue weighted by Gasteiger charge is -2.20. The van der Waals surface area contributed by atoms with Crippen molar-refractivity contribution in [1.82, 2.24) is 10.6 Å². The fraction of sp³-hybridized carbons (Fsp3) is 0.917. The SMILES string of the molecule is CCCCCCCCN(O)NC(COC)C(=O)O. The van der Waals surface area contributed by atoms with Gasteiger partial charge in [0.15, 0.2) is 0 Å². The molecular formula is C12H26N2O4. The van der Waals surface area contributed by atoms with E-state index in [4.69, 9.17) is 9.84 Å². The van der Waals surface area contributed by atoms with Crippen molar-refractivity contribution in [2.75, 3.05) is 20.3 Å². The van der Waals surface area contributed by atoms with Gasteiger partial charge in [-0.1, -0.05) is 39.0 Å². The zero-order chi connectivity index (χ0) is 13.8. The highest BCUT2D eigenvalue weighted by molar-refractivity contribution is 5.73. The zero-order valence-electron chi connectivity index (χ0n) is 11.4. The van der Waals surface area contributed by atoms with E-state index in [1.165, 1.54) is 26.4 Å². The number of ether oxygens (including phenoxy) is 1. The Kier molecular flexibility index (Phi) is 11.0. The summed E-state index contributed by atoms with van der Waals surface area (Å²) < 4.78 is 4.75. The van der Waals surface area contributed by atoms with Crippen molar-refractivity contribution in [1.29, 1.82) is 0 Å². The quantitative estimate of drug-likeness (QED) is 0.366. The smallest absolute Gasteiger partial charge is 0.324 e. The normalized spacial score (nSPS) is 12.9. The molecule has 0 spiro atoms. The van der Waals surface area contributed by atoms with Crippen LogP contribution in [0.15, 0.2) is 0 Å². The molecule has 0 radical (unpaired) electrons. The highest BCUT2D eigenvalue weighted by Crippen LogP contribution is 2.05. The number of hydroxylamine groups is 1. The third kappa shape index (κ3) is 9.35. The maximum Gasteiger partial charge on any atom is 0.324 e. The summed E-state index contributed by atoms with van der Waals surface area (Å²) in [5.74, 6) is -1.04. The van der Waals surface area contributed by atoms with Crippen molar-refractivity contribution >= 4 is 5.97 Å². The molecule has 0 aliphatic carbocycles. The third-order valence-corrected chi connectivity index (χ3v) is 2.66. The number of nitrogens with zero attached hydrogens (tertiary/aromatic N) is 1. The molecule has 0 fully saturated rings. The lowest BCUT2D eigenvalue weighted by atomic mass is 10.1. The van der Waals surface area contributed by atoms with Gasteiger partial charge < -0.3 is 9.84 Å². The Balaban J connectivity index is 3.61. The Morgan fingerprint density at radius 1 is 1.28 bits per heavy atom. The van der Waals surface area contributed by atoms with Crippen molar-refractivity contribution in [2.24, 2.45) is 0 Å². The largest absolute Gasteiger partial charge is 0.480 e. The summed E-state index contributed by atoms with van der Waals surface area (Å²) in [6, 6.07) is -0.917. The molecule has 108 valence electrons. The minimum Gasteiger partial charge on any atom is -0.480 e. The van der Waals surface area contributed by atoms with Crippen LogP contribution in [0, 0.1) is 0 Å². The summed E-state index contributed by atoms with van der Waals surface area (Å²) in [6.45, 7) is 2.60. The van der Waals surface area contributed by atoms with Crippen LogP contribution >= 0.6 is 0 Å². The summed E-state index contributed by atoms with van der Waals surface area (Å²) in [4.78, 5) is 10.8. The molecular weight excluding hydrogens is 236 g/mol. The number of nitrogens with one attached hydrogen (secondary N) is 1. The van der Waals surface area contributed by atoms with E-state index in [-0.39, 0.29) is 6.61 Å². The lowest BCUT2D eigenvalue weighted by Crippen LogP contribution is -2.49. The van der Waals surface area contributed by atoms with Gasteiger partial charge in [-0.3, -0.25) is 10.0 Å². The zero-order valence-corrected chi connectivity index (χ0v) is 11.4. The van der Waals surface area contributed by atoms with E-state index >= 15 is 0 Å². The lowest BCUT2D eigenvalue weighted by molar-refractivity contribution is -0.168. The Morgan fingerprint density at radius 2 is 1.89 bits per heavy atom. The van der Waals surface area contributed by atoms with Crippen LogP contribution in [0.3, 0.4) is 0 Å². The van der Waals surface area contributed by atoms with Crippen molar-refractivity contribution in [2.45, 2.75) is 51.5 Å². The van der Waals surface area contributed by atoms with Gasteiger partial charge in [0, 0.05) is 13.7 Å². The van der Waals surface area contributed by atoms with Crippen LogP contribution in [0.25, 0.3) is 0 Å². The van der Waals surface area contributed by atoms with Gasteiger partial charge in [-0.2, -0.15) is 0 Å². The van der Waals surface area contributed by atoms with Gasteiger partial charge in [-0.05, 0) is 6.42 Å². The van der Waals surface area contributed by atoms with Gasteiger partial charge >= 0.3 is 5.97 Å². The topological polar surface area (TPSA) is 82.0 Å². The van der Waals surface area contributed by atoms with Gasteiger partial charge in [0.2, 0.25) is 0 Å². The molecule has 1 unspecified atom stereocenters. The summed E-state index contributed by atoms with van der Waals surface area (Å²) in [7, 11) is 1.42. The summed E-state index contributed by atoms with van der Waals surface area (Å²) in [5, 5.41) is 19.2. The van der Waals surface area contributed by atoms with E-state index in [1.807, 2.05) is 0 Å². The standard InChI is InChI=1S/C12H26N2O4/c1-3-4-5-6-7-8-9-14(17)13-11(10-18-2)12(15)16/h11,13,17H,3-10H2,1-2H3,(H,15,16). The number of carboxylic acids is 1. The number of aliphatic carboxylic acids is 1. The first-order valence-electron chi connectivity index (χ1n) is 6.56. The number of rotatable bonds is 12. The van der Waals surface area contributed by atoms with Crippen LogP contribution in [0.1, 0.15) is 45.4 Å². The highest BCUT2D eigenvalue weighted by atomic mass is 16.5. The van der Waals surface area contributed by atoms with E-state index < -0.39 is 12.0 Å². The number of carbonyl (C=O) groups is 1. The predicted molar refractivity (Wildman–Crippen MR) is 68.3 cm³/mol. The van der Waals surface area contributed by atoms with E-state index in [2.05, 4.69) is 12.3 Å². The molecule has 0 saturated heterocycles. The average Bonchev–Trinajstić information content (AvgIpc) is 2.33. The van der Waals surface area contributed by atoms with E-state index in [1.54, 1.807) is 0 Å². The molecule has 3 N–H and O–H groups in total. The molecule has 0 aromatic rings. The molecule has 0 aromatic carbocycles. The molecule has 0 rings (SSSR count). The molecule has 0 bridgehead atoms. The van der Waals surface area contributed by atoms with Gasteiger partial charge in [0.1, 0.15) is 6.04 Å². The number of carboxylic acid groups (broad SMARTS) is 1. The Morgan fingerprint density at radius 3 is 2.44 bits per heavy atom. The highest BCUT2D eigenvalue weighted by Gasteiger charge is 2.18. The maximum absolute atomic E-state index is 10.8. The number of hydrazine groups is 1. The summed E-state index contributed by atoms with van der Waals surface area (Å²) in [5.41, 5.74) is 2.48. The van der Waals surface area contributed by atoms with Crippen molar-refractivity contribution < 1.29 is 19.8 Å². The van der Waals surface area contributed by atoms with Gasteiger partial charge in [-0.15, -0.1) is 5.17 Å². The van der Waals surface area contributed by atoms with Crippen LogP contribution in [0.2, 0.25) is 0 Å². The van der Waals surface area contributed by atoms with Crippen LogP contribution in [0.4, 0.5) is 0 Å². The average molecular weight is 262 g/mol. The first kappa shape index (κ1) is 17.3. The molecule has 0 aliphatic rings. The second-order valence-corrected chi connectivity index (χ2v) is 4.37. The monoisotopic (exact) mass is 262 g/mol. The molecule has 0 aromatic heterocycles. The second kappa shape index (κ2) is 11.4. The van der Waals surface area contributed by atoms with Crippen molar-refractivity contribution in [3.05, 3.63) is 0 Å². The Bertz CT molecular complexity index is 214. The Hall–Kier alpha value is -0.690. The molecule has 0 heterocycles. The molecule has 18 heavy (non-hydrogen) atoms. The van der Waals surface area contributed by atoms with Crippen LogP contribution in [-0.2, 0) is 9.53 Å². The second-order valence-electron chi connectivity index (χ2n) is 4.37. The molecule has 1 atom stereocenters. The maximum atomic E-state index is 10.8. The van der Waals surface area contributed by atoms with Gasteiger partial charge in [-0.25, -0.2) is 5.43 Å². The summed E-state index contributed by atoms with van der Waals surface area (Å²) >= 11 is 0. The van der Waals surface area contributed by atoms with Gasteiger partial charge in [0.05, 0.1) is 6.61 Å². The van der Waals surface area contributed by atoms with Gasteiger partial charge in [0.25, 0.3) is 0 Å². The first-order valence-corrected chi connectivity index (χ1v) is 6.56. The van der Waals surface area contributed by atoms with Crippen LogP contribution < -0.4 is 5.43 Å². The minimum absolute atomic E-state index is 0.0168. The number of hydrogen-bond acceptors (Lipinski definition) is 5. The van der Waals surface area contributed by atoms with Crippen molar-refractivity contribution in [3.8, 4) is 0 Å². The number of unbranched alkanes of at least 4 members (excludes halogenated alkanes) is 5. The fourth-order valence-corrected chi connectivity index (χ4v) is 1.62. The van der Waals surface area contributed by atoms with Crippen LogP contribution in [0.5, 0.6) is 0 Å². The number of hydrogen-bond donors (Lipinski definition) is 3. The van der Waals surface area contributed by atoms with E-state index in [0.29, 0.717) is 6.54 Å². The van der Waals surface area contributed by atoms with E-state index in [0.717, 1.165) is 24.4 Å². The minimum atomic E-state index is -1.04. The molecule has 6 heteroatoms. The molecule has 0 amide bonds. The fourth-order valence-electron chi connectivity index (χ4n) is 1.62. The summed E-state index contributed by atoms with van der Waals surface area (Å²) in [6.07, 6.45) is 6.72. The molecule has 0 saturated carbocycles. The molecule has 0 aliphatic heterocycles.